The van der Waals surface area contributed by atoms with Gasteiger partial charge >= 0.3 is 0 Å². The summed E-state index contributed by atoms with van der Waals surface area (Å²) in [7, 11) is 3.74. The summed E-state index contributed by atoms with van der Waals surface area (Å²) in [5.74, 6) is 0. The molecule has 0 bridgehead atoms. The minimum absolute atomic E-state index is 0.0636. The van der Waals surface area contributed by atoms with Crippen molar-refractivity contribution in [3.63, 3.8) is 0 Å². The monoisotopic (exact) mass is 217 g/mol. The molecule has 0 saturated carbocycles. The zero-order chi connectivity index (χ0) is 11.7. The molecule has 0 spiro atoms. The molecule has 1 N–H and O–H groups in total. The van der Waals surface area contributed by atoms with Gasteiger partial charge in [0.15, 0.2) is 0 Å². The fraction of sp³-hybridized carbons (Fsp3) is 0.250. The Hall–Kier alpha value is -1.97. The van der Waals surface area contributed by atoms with Crippen LogP contribution in [0.25, 0.3) is 5.69 Å². The van der Waals surface area contributed by atoms with Gasteiger partial charge in [-0.2, -0.15) is 0 Å². The van der Waals surface area contributed by atoms with Crippen molar-refractivity contribution >= 4 is 5.69 Å². The maximum Gasteiger partial charge on any atom is 0.288 e. The van der Waals surface area contributed by atoms with E-state index in [2.05, 4.69) is 5.10 Å². The summed E-state index contributed by atoms with van der Waals surface area (Å²) >= 11 is 0. The van der Waals surface area contributed by atoms with Crippen LogP contribution in [0.15, 0.2) is 35.1 Å². The van der Waals surface area contributed by atoms with Crippen LogP contribution in [0.4, 0.5) is 5.69 Å². The highest BCUT2D eigenvalue weighted by Crippen LogP contribution is 2.15. The summed E-state index contributed by atoms with van der Waals surface area (Å²) in [6.45, 7) is 1.93. The Kier molecular flexibility index (Phi) is 2.56. The fourth-order valence-corrected chi connectivity index (χ4v) is 1.87. The lowest BCUT2D eigenvalue weighted by molar-refractivity contribution is 0.834. The van der Waals surface area contributed by atoms with Crippen LogP contribution >= 0.6 is 0 Å². The number of benzene rings is 1. The quantitative estimate of drug-likeness (QED) is 0.829. The molecule has 1 heterocycles. The van der Waals surface area contributed by atoms with Crippen molar-refractivity contribution in [3.8, 4) is 5.69 Å². The Morgan fingerprint density at radius 1 is 1.19 bits per heavy atom. The van der Waals surface area contributed by atoms with E-state index in [-0.39, 0.29) is 5.56 Å². The summed E-state index contributed by atoms with van der Waals surface area (Å²) in [6, 6.07) is 9.77. The number of rotatable bonds is 2. The molecule has 1 aromatic carbocycles. The third kappa shape index (κ3) is 1.62. The van der Waals surface area contributed by atoms with Gasteiger partial charge in [0, 0.05) is 14.1 Å². The van der Waals surface area contributed by atoms with E-state index in [0.717, 1.165) is 11.4 Å². The van der Waals surface area contributed by atoms with Crippen molar-refractivity contribution in [3.05, 3.63) is 46.4 Å². The number of nitrogens with zero attached hydrogens (tertiary/aromatic N) is 2. The highest BCUT2D eigenvalue weighted by atomic mass is 16.1. The first-order valence-corrected chi connectivity index (χ1v) is 5.15. The van der Waals surface area contributed by atoms with Gasteiger partial charge in [0.1, 0.15) is 5.69 Å². The third-order valence-electron chi connectivity index (χ3n) is 2.57. The summed E-state index contributed by atoms with van der Waals surface area (Å²) in [5.41, 5.74) is 2.52. The number of anilines is 1. The number of aromatic amines is 1. The van der Waals surface area contributed by atoms with Crippen LogP contribution < -0.4 is 10.5 Å². The lowest BCUT2D eigenvalue weighted by atomic mass is 10.3. The third-order valence-corrected chi connectivity index (χ3v) is 2.57. The van der Waals surface area contributed by atoms with E-state index >= 15 is 0 Å². The molecule has 84 valence electrons. The first-order valence-electron chi connectivity index (χ1n) is 5.15. The second kappa shape index (κ2) is 3.89. The predicted molar refractivity (Wildman–Crippen MR) is 65.5 cm³/mol. The Morgan fingerprint density at radius 2 is 1.81 bits per heavy atom. The maximum atomic E-state index is 11.8. The molecule has 0 aliphatic carbocycles. The molecule has 1 aromatic heterocycles. The van der Waals surface area contributed by atoms with E-state index in [4.69, 9.17) is 0 Å². The minimum atomic E-state index is -0.0636. The highest BCUT2D eigenvalue weighted by molar-refractivity contribution is 5.50. The predicted octanol–water partition coefficient (Wildman–Crippen LogP) is 1.54. The molecule has 0 aliphatic rings. The highest BCUT2D eigenvalue weighted by Gasteiger charge is 2.13. The SMILES string of the molecule is Cc1c(N(C)C)c(=O)[nH]n1-c1ccccc1. The molecular weight excluding hydrogens is 202 g/mol. The van der Waals surface area contributed by atoms with Crippen LogP contribution in [0.3, 0.4) is 0 Å². The van der Waals surface area contributed by atoms with Crippen LogP contribution in [-0.4, -0.2) is 23.9 Å². The van der Waals surface area contributed by atoms with Gasteiger partial charge in [0.25, 0.3) is 5.56 Å². The molecular formula is C12H15N3O. The van der Waals surface area contributed by atoms with Crippen molar-refractivity contribution in [2.24, 2.45) is 0 Å². The van der Waals surface area contributed by atoms with Gasteiger partial charge in [-0.1, -0.05) is 18.2 Å². The Bertz CT molecular complexity index is 537. The van der Waals surface area contributed by atoms with Gasteiger partial charge in [-0.15, -0.1) is 0 Å². The number of H-pyrrole nitrogens is 1. The molecule has 0 fully saturated rings. The maximum absolute atomic E-state index is 11.8. The summed E-state index contributed by atoms with van der Waals surface area (Å²) in [5, 5.41) is 2.83. The van der Waals surface area contributed by atoms with Gasteiger partial charge in [0.2, 0.25) is 0 Å². The molecule has 2 aromatic rings. The molecule has 4 heteroatoms. The number of hydrogen-bond acceptors (Lipinski definition) is 2. The summed E-state index contributed by atoms with van der Waals surface area (Å²) in [6.07, 6.45) is 0. The van der Waals surface area contributed by atoms with Gasteiger partial charge in [0.05, 0.1) is 11.4 Å². The largest absolute Gasteiger partial charge is 0.372 e. The summed E-state index contributed by atoms with van der Waals surface area (Å²) in [4.78, 5) is 13.6. The number of aromatic nitrogens is 2. The topological polar surface area (TPSA) is 41.0 Å². The van der Waals surface area contributed by atoms with Crippen LogP contribution in [0.1, 0.15) is 5.69 Å². The molecule has 0 unspecified atom stereocenters. The van der Waals surface area contributed by atoms with Crippen molar-refractivity contribution < 1.29 is 0 Å². The number of hydrogen-bond donors (Lipinski definition) is 1. The lowest BCUT2D eigenvalue weighted by Gasteiger charge is -2.10. The Morgan fingerprint density at radius 3 is 2.31 bits per heavy atom. The van der Waals surface area contributed by atoms with Crippen LogP contribution in [0.2, 0.25) is 0 Å². The van der Waals surface area contributed by atoms with Crippen LogP contribution in [0, 0.1) is 6.92 Å². The number of para-hydroxylation sites is 1. The van der Waals surface area contributed by atoms with Crippen molar-refractivity contribution in [2.45, 2.75) is 6.92 Å². The molecule has 0 aliphatic heterocycles. The lowest BCUT2D eigenvalue weighted by Crippen LogP contribution is -2.17. The average Bonchev–Trinajstić information content (AvgIpc) is 2.55. The molecule has 0 atom stereocenters. The zero-order valence-corrected chi connectivity index (χ0v) is 9.69. The van der Waals surface area contributed by atoms with E-state index in [1.807, 2.05) is 56.3 Å². The Labute approximate surface area is 94.1 Å². The minimum Gasteiger partial charge on any atom is -0.372 e. The van der Waals surface area contributed by atoms with Gasteiger partial charge in [-0.3, -0.25) is 14.6 Å². The fourth-order valence-electron chi connectivity index (χ4n) is 1.87. The van der Waals surface area contributed by atoms with E-state index in [1.165, 1.54) is 0 Å². The molecule has 16 heavy (non-hydrogen) atoms. The molecule has 4 nitrogen and oxygen atoms in total. The molecule has 0 saturated heterocycles. The van der Waals surface area contributed by atoms with Crippen molar-refractivity contribution in [2.75, 3.05) is 19.0 Å². The van der Waals surface area contributed by atoms with E-state index in [1.54, 1.807) is 4.68 Å². The van der Waals surface area contributed by atoms with Crippen molar-refractivity contribution in [1.82, 2.24) is 9.78 Å². The van der Waals surface area contributed by atoms with Gasteiger partial charge < -0.3 is 4.90 Å². The standard InChI is InChI=1S/C12H15N3O/c1-9-11(14(2)3)12(16)13-15(9)10-7-5-4-6-8-10/h4-8H,1-3H3,(H,13,16). The van der Waals surface area contributed by atoms with E-state index < -0.39 is 0 Å². The van der Waals surface area contributed by atoms with E-state index in [9.17, 15) is 4.79 Å². The average molecular weight is 217 g/mol. The van der Waals surface area contributed by atoms with Gasteiger partial charge in [-0.05, 0) is 19.1 Å². The number of nitrogens with one attached hydrogen (secondary N) is 1. The van der Waals surface area contributed by atoms with Gasteiger partial charge in [-0.25, -0.2) is 0 Å². The summed E-state index contributed by atoms with van der Waals surface area (Å²) < 4.78 is 1.80. The van der Waals surface area contributed by atoms with Crippen molar-refractivity contribution in [1.29, 1.82) is 0 Å². The first kappa shape index (κ1) is 10.5. The van der Waals surface area contributed by atoms with Crippen LogP contribution in [-0.2, 0) is 0 Å². The second-order valence-electron chi connectivity index (χ2n) is 3.94. The molecule has 0 radical (unpaired) electrons. The molecule has 0 amide bonds. The first-order chi connectivity index (χ1) is 7.61. The zero-order valence-electron chi connectivity index (χ0n) is 9.69. The van der Waals surface area contributed by atoms with E-state index in [0.29, 0.717) is 5.69 Å². The Balaban J connectivity index is 2.61. The molecule has 2 rings (SSSR count). The normalized spacial score (nSPS) is 10.4. The second-order valence-corrected chi connectivity index (χ2v) is 3.94. The smallest absolute Gasteiger partial charge is 0.288 e. The van der Waals surface area contributed by atoms with Crippen LogP contribution in [0.5, 0.6) is 0 Å².